The molecule has 0 spiro atoms. The first-order valence-electron chi connectivity index (χ1n) is 7.15. The van der Waals surface area contributed by atoms with E-state index in [1.54, 1.807) is 7.11 Å². The predicted octanol–water partition coefficient (Wildman–Crippen LogP) is 3.40. The third kappa shape index (κ3) is 5.11. The van der Waals surface area contributed by atoms with Crippen molar-refractivity contribution in [3.8, 4) is 11.5 Å². The van der Waals surface area contributed by atoms with Crippen molar-refractivity contribution < 1.29 is 9.47 Å². The molecule has 0 aliphatic heterocycles. The molecule has 1 aromatic carbocycles. The molecule has 0 bridgehead atoms. The molecule has 2 N–H and O–H groups in total. The van der Waals surface area contributed by atoms with Gasteiger partial charge in [-0.05, 0) is 42.5 Å². The van der Waals surface area contributed by atoms with Crippen molar-refractivity contribution in [3.05, 3.63) is 23.8 Å². The summed E-state index contributed by atoms with van der Waals surface area (Å²) < 4.78 is 11.2. The van der Waals surface area contributed by atoms with E-state index in [4.69, 9.17) is 15.2 Å². The van der Waals surface area contributed by atoms with Crippen molar-refractivity contribution in [2.75, 3.05) is 13.7 Å². The molecule has 108 valence electrons. The molecule has 2 unspecified atom stereocenters. The van der Waals surface area contributed by atoms with Gasteiger partial charge >= 0.3 is 0 Å². The zero-order valence-electron chi connectivity index (χ0n) is 12.6. The minimum absolute atomic E-state index is 0.165. The molecule has 1 aromatic rings. The van der Waals surface area contributed by atoms with Crippen molar-refractivity contribution in [1.29, 1.82) is 0 Å². The SMILES string of the molecule is CCC(C)COc1ccc(OC)cc1CC(N)CC. The fraction of sp³-hybridized carbons (Fsp3) is 0.625. The average molecular weight is 265 g/mol. The summed E-state index contributed by atoms with van der Waals surface area (Å²) in [5, 5.41) is 0. The summed E-state index contributed by atoms with van der Waals surface area (Å²) in [7, 11) is 1.68. The molecule has 0 amide bonds. The molecule has 1 rings (SSSR count). The van der Waals surface area contributed by atoms with Crippen LogP contribution in [0.3, 0.4) is 0 Å². The van der Waals surface area contributed by atoms with E-state index < -0.39 is 0 Å². The maximum absolute atomic E-state index is 6.05. The van der Waals surface area contributed by atoms with E-state index in [2.05, 4.69) is 20.8 Å². The highest BCUT2D eigenvalue weighted by molar-refractivity contribution is 5.40. The Morgan fingerprint density at radius 3 is 2.53 bits per heavy atom. The summed E-state index contributed by atoms with van der Waals surface area (Å²) >= 11 is 0. The first kappa shape index (κ1) is 15.8. The van der Waals surface area contributed by atoms with Gasteiger partial charge in [-0.3, -0.25) is 0 Å². The minimum Gasteiger partial charge on any atom is -0.497 e. The molecule has 0 aliphatic carbocycles. The van der Waals surface area contributed by atoms with Crippen LogP contribution in [-0.4, -0.2) is 19.8 Å². The van der Waals surface area contributed by atoms with Crippen LogP contribution in [0.2, 0.25) is 0 Å². The Kier molecular flexibility index (Phi) is 6.71. The minimum atomic E-state index is 0.165. The third-order valence-electron chi connectivity index (χ3n) is 3.49. The maximum Gasteiger partial charge on any atom is 0.122 e. The number of nitrogens with two attached hydrogens (primary N) is 1. The van der Waals surface area contributed by atoms with Gasteiger partial charge in [0, 0.05) is 6.04 Å². The van der Waals surface area contributed by atoms with Gasteiger partial charge in [0.15, 0.2) is 0 Å². The maximum atomic E-state index is 6.05. The van der Waals surface area contributed by atoms with Gasteiger partial charge in [-0.2, -0.15) is 0 Å². The first-order chi connectivity index (χ1) is 9.10. The van der Waals surface area contributed by atoms with Crippen LogP contribution in [0.1, 0.15) is 39.2 Å². The van der Waals surface area contributed by atoms with Gasteiger partial charge in [0.2, 0.25) is 0 Å². The van der Waals surface area contributed by atoms with Gasteiger partial charge in [0.25, 0.3) is 0 Å². The van der Waals surface area contributed by atoms with Crippen LogP contribution in [0.4, 0.5) is 0 Å². The number of hydrogen-bond donors (Lipinski definition) is 1. The monoisotopic (exact) mass is 265 g/mol. The van der Waals surface area contributed by atoms with Crippen LogP contribution < -0.4 is 15.2 Å². The normalized spacial score (nSPS) is 13.9. The summed E-state index contributed by atoms with van der Waals surface area (Å²) in [6.45, 7) is 7.22. The molecule has 0 fully saturated rings. The number of benzene rings is 1. The van der Waals surface area contributed by atoms with Crippen molar-refractivity contribution in [3.63, 3.8) is 0 Å². The highest BCUT2D eigenvalue weighted by Gasteiger charge is 2.10. The topological polar surface area (TPSA) is 44.5 Å². The Labute approximate surface area is 117 Å². The predicted molar refractivity (Wildman–Crippen MR) is 79.9 cm³/mol. The Morgan fingerprint density at radius 2 is 1.95 bits per heavy atom. The zero-order valence-corrected chi connectivity index (χ0v) is 12.6. The van der Waals surface area contributed by atoms with Gasteiger partial charge in [0.1, 0.15) is 11.5 Å². The number of ether oxygens (including phenoxy) is 2. The van der Waals surface area contributed by atoms with Crippen LogP contribution in [-0.2, 0) is 6.42 Å². The molecular weight excluding hydrogens is 238 g/mol. The second kappa shape index (κ2) is 8.05. The molecule has 0 heterocycles. The van der Waals surface area contributed by atoms with Crippen LogP contribution >= 0.6 is 0 Å². The van der Waals surface area contributed by atoms with E-state index >= 15 is 0 Å². The Hall–Kier alpha value is -1.22. The lowest BCUT2D eigenvalue weighted by molar-refractivity contribution is 0.253. The van der Waals surface area contributed by atoms with Gasteiger partial charge in [-0.15, -0.1) is 0 Å². The zero-order chi connectivity index (χ0) is 14.3. The molecule has 3 nitrogen and oxygen atoms in total. The van der Waals surface area contributed by atoms with Crippen LogP contribution in [0.15, 0.2) is 18.2 Å². The lowest BCUT2D eigenvalue weighted by Crippen LogP contribution is -2.22. The van der Waals surface area contributed by atoms with Crippen molar-refractivity contribution in [2.45, 2.75) is 46.1 Å². The first-order valence-corrected chi connectivity index (χ1v) is 7.15. The highest BCUT2D eigenvalue weighted by atomic mass is 16.5. The fourth-order valence-electron chi connectivity index (χ4n) is 1.76. The summed E-state index contributed by atoms with van der Waals surface area (Å²) in [5.41, 5.74) is 7.19. The number of methoxy groups -OCH3 is 1. The van der Waals surface area contributed by atoms with E-state index in [1.165, 1.54) is 0 Å². The largest absolute Gasteiger partial charge is 0.497 e. The van der Waals surface area contributed by atoms with Crippen molar-refractivity contribution in [1.82, 2.24) is 0 Å². The molecule has 0 saturated carbocycles. The van der Waals surface area contributed by atoms with Gasteiger partial charge < -0.3 is 15.2 Å². The standard InChI is InChI=1S/C16H27NO2/c1-5-12(3)11-19-16-8-7-15(18-4)10-13(16)9-14(17)6-2/h7-8,10,12,14H,5-6,9,11,17H2,1-4H3. The fourth-order valence-corrected chi connectivity index (χ4v) is 1.76. The second-order valence-corrected chi connectivity index (χ2v) is 5.17. The van der Waals surface area contributed by atoms with E-state index in [0.717, 1.165) is 42.9 Å². The summed E-state index contributed by atoms with van der Waals surface area (Å²) in [4.78, 5) is 0. The van der Waals surface area contributed by atoms with Gasteiger partial charge in [-0.25, -0.2) is 0 Å². The molecule has 0 radical (unpaired) electrons. The molecule has 0 saturated heterocycles. The lowest BCUT2D eigenvalue weighted by atomic mass is 10.0. The second-order valence-electron chi connectivity index (χ2n) is 5.17. The van der Waals surface area contributed by atoms with E-state index in [0.29, 0.717) is 5.92 Å². The summed E-state index contributed by atoms with van der Waals surface area (Å²) in [6, 6.07) is 6.12. The van der Waals surface area contributed by atoms with Crippen LogP contribution in [0, 0.1) is 5.92 Å². The Bertz CT molecular complexity index is 379. The molecule has 19 heavy (non-hydrogen) atoms. The van der Waals surface area contributed by atoms with Crippen molar-refractivity contribution in [2.24, 2.45) is 11.7 Å². The smallest absolute Gasteiger partial charge is 0.122 e. The third-order valence-corrected chi connectivity index (χ3v) is 3.49. The van der Waals surface area contributed by atoms with E-state index in [1.807, 2.05) is 18.2 Å². The van der Waals surface area contributed by atoms with E-state index in [-0.39, 0.29) is 6.04 Å². The summed E-state index contributed by atoms with van der Waals surface area (Å²) in [5.74, 6) is 2.36. The number of rotatable bonds is 8. The van der Waals surface area contributed by atoms with Gasteiger partial charge in [-0.1, -0.05) is 27.2 Å². The van der Waals surface area contributed by atoms with Crippen LogP contribution in [0.25, 0.3) is 0 Å². The number of hydrogen-bond acceptors (Lipinski definition) is 3. The Balaban J connectivity index is 2.82. The molecule has 0 aromatic heterocycles. The average Bonchev–Trinajstić information content (AvgIpc) is 2.45. The molecule has 0 aliphatic rings. The molecular formula is C16H27NO2. The molecule has 3 heteroatoms. The van der Waals surface area contributed by atoms with E-state index in [9.17, 15) is 0 Å². The van der Waals surface area contributed by atoms with Gasteiger partial charge in [0.05, 0.1) is 13.7 Å². The van der Waals surface area contributed by atoms with Crippen LogP contribution in [0.5, 0.6) is 11.5 Å². The summed E-state index contributed by atoms with van der Waals surface area (Å²) in [6.07, 6.45) is 2.91. The van der Waals surface area contributed by atoms with Crippen molar-refractivity contribution >= 4 is 0 Å². The molecule has 2 atom stereocenters. The Morgan fingerprint density at radius 1 is 1.21 bits per heavy atom. The quantitative estimate of drug-likeness (QED) is 0.783. The lowest BCUT2D eigenvalue weighted by Gasteiger charge is -2.17. The highest BCUT2D eigenvalue weighted by Crippen LogP contribution is 2.26.